The number of rotatable bonds is 7. The molecule has 1 aromatic carbocycles. The number of hydrogen-bond donors (Lipinski definition) is 0. The van der Waals surface area contributed by atoms with Gasteiger partial charge < -0.3 is 9.26 Å². The smallest absolute Gasteiger partial charge is 0.248 e. The maximum atomic E-state index is 13.3. The molecule has 0 N–H and O–H groups in total. The maximum Gasteiger partial charge on any atom is 0.248 e. The van der Waals surface area contributed by atoms with E-state index in [0.717, 1.165) is 37.9 Å². The molecule has 2 aliphatic heterocycles. The molecule has 2 unspecified atom stereocenters. The highest BCUT2D eigenvalue weighted by atomic mass is 32.2. The highest BCUT2D eigenvalue weighted by Gasteiger charge is 2.49. The van der Waals surface area contributed by atoms with E-state index < -0.39 is 10.0 Å². The number of aromatic nitrogens is 1. The molecule has 3 heterocycles. The van der Waals surface area contributed by atoms with Crippen molar-refractivity contribution in [3.63, 3.8) is 0 Å². The van der Waals surface area contributed by atoms with Crippen molar-refractivity contribution in [1.82, 2.24) is 9.46 Å². The Kier molecular flexibility index (Phi) is 5.71. The Hall–Kier alpha value is -1.86. The Bertz CT molecular complexity index is 918. The standard InChI is InChI=1S/C22H30N2O4S/c1-4-5-6-17-7-11-20(12-8-17)27-21-13-18-9-10-19(14-21)24(18)29(25,26)22-15(2)23-28-16(22)3/h7-8,11-12,18-19,21H,4-6,9-10,13-14H2,1-3H3. The summed E-state index contributed by atoms with van der Waals surface area (Å²) in [5.41, 5.74) is 1.77. The van der Waals surface area contributed by atoms with E-state index in [0.29, 0.717) is 11.5 Å². The maximum absolute atomic E-state index is 13.3. The van der Waals surface area contributed by atoms with E-state index in [1.807, 2.05) is 12.1 Å². The number of ether oxygens (including phenoxy) is 1. The average Bonchev–Trinajstić information content (AvgIpc) is 3.18. The summed E-state index contributed by atoms with van der Waals surface area (Å²) in [6, 6.07) is 8.30. The number of sulfonamides is 1. The van der Waals surface area contributed by atoms with Crippen LogP contribution in [0.5, 0.6) is 5.75 Å². The van der Waals surface area contributed by atoms with Crippen LogP contribution in [0, 0.1) is 13.8 Å². The van der Waals surface area contributed by atoms with Gasteiger partial charge in [-0.2, -0.15) is 4.31 Å². The molecule has 158 valence electrons. The van der Waals surface area contributed by atoms with Crippen LogP contribution in [0.2, 0.25) is 0 Å². The van der Waals surface area contributed by atoms with Gasteiger partial charge in [-0.05, 0) is 57.2 Å². The van der Waals surface area contributed by atoms with Crippen LogP contribution >= 0.6 is 0 Å². The largest absolute Gasteiger partial charge is 0.490 e. The molecule has 0 radical (unpaired) electrons. The molecule has 4 rings (SSSR count). The second-order valence-electron chi connectivity index (χ2n) is 8.33. The van der Waals surface area contributed by atoms with E-state index >= 15 is 0 Å². The number of nitrogens with zero attached hydrogens (tertiary/aromatic N) is 2. The van der Waals surface area contributed by atoms with Crippen LogP contribution < -0.4 is 4.74 Å². The van der Waals surface area contributed by atoms with Gasteiger partial charge in [0.25, 0.3) is 0 Å². The van der Waals surface area contributed by atoms with Crippen LogP contribution in [0.25, 0.3) is 0 Å². The van der Waals surface area contributed by atoms with Crippen LogP contribution in [0.4, 0.5) is 0 Å². The number of hydrogen-bond acceptors (Lipinski definition) is 5. The lowest BCUT2D eigenvalue weighted by Gasteiger charge is -2.37. The summed E-state index contributed by atoms with van der Waals surface area (Å²) < 4.78 is 39.7. The van der Waals surface area contributed by atoms with Gasteiger partial charge in [0.05, 0.1) is 0 Å². The van der Waals surface area contributed by atoms with Crippen LogP contribution in [0.1, 0.15) is 62.5 Å². The second kappa shape index (κ2) is 8.11. The minimum absolute atomic E-state index is 0.0266. The Labute approximate surface area is 173 Å². The van der Waals surface area contributed by atoms with Gasteiger partial charge in [0.1, 0.15) is 22.4 Å². The topological polar surface area (TPSA) is 72.6 Å². The monoisotopic (exact) mass is 418 g/mol. The van der Waals surface area contributed by atoms with Gasteiger partial charge in [-0.3, -0.25) is 0 Å². The fourth-order valence-corrected chi connectivity index (χ4v) is 7.02. The van der Waals surface area contributed by atoms with Gasteiger partial charge in [-0.1, -0.05) is 30.6 Å². The third kappa shape index (κ3) is 3.94. The summed E-state index contributed by atoms with van der Waals surface area (Å²) >= 11 is 0. The third-order valence-corrected chi connectivity index (χ3v) is 8.42. The van der Waals surface area contributed by atoms with E-state index in [2.05, 4.69) is 24.2 Å². The van der Waals surface area contributed by atoms with Crippen LogP contribution in [0.15, 0.2) is 33.7 Å². The number of unbranched alkanes of at least 4 members (excludes halogenated alkanes) is 1. The fourth-order valence-electron chi connectivity index (χ4n) is 4.83. The zero-order chi connectivity index (χ0) is 20.6. The summed E-state index contributed by atoms with van der Waals surface area (Å²) in [5.74, 6) is 1.24. The molecule has 2 aliphatic rings. The highest BCUT2D eigenvalue weighted by molar-refractivity contribution is 7.89. The lowest BCUT2D eigenvalue weighted by Crippen LogP contribution is -2.49. The van der Waals surface area contributed by atoms with Crippen molar-refractivity contribution in [2.75, 3.05) is 0 Å². The molecule has 29 heavy (non-hydrogen) atoms. The average molecular weight is 419 g/mol. The van der Waals surface area contributed by atoms with Gasteiger partial charge in [0, 0.05) is 24.9 Å². The first-order valence-corrected chi connectivity index (χ1v) is 12.1. The lowest BCUT2D eigenvalue weighted by atomic mass is 10.0. The molecule has 2 aromatic rings. The normalized spacial score (nSPS) is 24.7. The zero-order valence-electron chi connectivity index (χ0n) is 17.4. The van der Waals surface area contributed by atoms with Gasteiger partial charge in [0.2, 0.25) is 10.0 Å². The molecule has 2 saturated heterocycles. The number of piperidine rings is 1. The molecule has 7 heteroatoms. The van der Waals surface area contributed by atoms with Crippen molar-refractivity contribution in [2.45, 2.75) is 88.8 Å². The van der Waals surface area contributed by atoms with Crippen LogP contribution in [-0.4, -0.2) is 36.1 Å². The Morgan fingerprint density at radius 3 is 2.34 bits per heavy atom. The number of benzene rings is 1. The predicted molar refractivity (Wildman–Crippen MR) is 111 cm³/mol. The minimum atomic E-state index is -3.61. The van der Waals surface area contributed by atoms with Crippen molar-refractivity contribution in [3.05, 3.63) is 41.3 Å². The zero-order valence-corrected chi connectivity index (χ0v) is 18.2. The number of aryl methyl sites for hydroxylation is 3. The molecule has 6 nitrogen and oxygen atoms in total. The molecule has 0 amide bonds. The summed E-state index contributed by atoms with van der Waals surface area (Å²) in [4.78, 5) is 0.233. The van der Waals surface area contributed by atoms with E-state index in [9.17, 15) is 8.42 Å². The molecule has 1 aromatic heterocycles. The van der Waals surface area contributed by atoms with E-state index in [-0.39, 0.29) is 23.1 Å². The Balaban J connectivity index is 1.45. The molecule has 2 atom stereocenters. The SMILES string of the molecule is CCCCc1ccc(OC2CC3CCC(C2)N3S(=O)(=O)c2c(C)noc2C)cc1. The first kappa shape index (κ1) is 20.4. The van der Waals surface area contributed by atoms with Crippen molar-refractivity contribution in [2.24, 2.45) is 0 Å². The van der Waals surface area contributed by atoms with E-state index in [4.69, 9.17) is 9.26 Å². The van der Waals surface area contributed by atoms with Gasteiger partial charge in [-0.15, -0.1) is 0 Å². The van der Waals surface area contributed by atoms with Gasteiger partial charge in [-0.25, -0.2) is 8.42 Å². The van der Waals surface area contributed by atoms with Crippen molar-refractivity contribution >= 4 is 10.0 Å². The first-order chi connectivity index (χ1) is 13.9. The fraction of sp³-hybridized carbons (Fsp3) is 0.591. The molecule has 2 bridgehead atoms. The summed E-state index contributed by atoms with van der Waals surface area (Å²) in [5, 5.41) is 3.84. The first-order valence-electron chi connectivity index (χ1n) is 10.6. The molecule has 0 spiro atoms. The lowest BCUT2D eigenvalue weighted by molar-refractivity contribution is 0.0956. The van der Waals surface area contributed by atoms with Crippen molar-refractivity contribution < 1.29 is 17.7 Å². The molecular formula is C22H30N2O4S. The summed E-state index contributed by atoms with van der Waals surface area (Å²) in [7, 11) is -3.61. The molecule has 2 fully saturated rings. The van der Waals surface area contributed by atoms with Gasteiger partial charge >= 0.3 is 0 Å². The number of fused-ring (bicyclic) bond motifs is 2. The Morgan fingerprint density at radius 2 is 1.79 bits per heavy atom. The molecular weight excluding hydrogens is 388 g/mol. The minimum Gasteiger partial charge on any atom is -0.490 e. The van der Waals surface area contributed by atoms with E-state index in [1.54, 1.807) is 18.2 Å². The third-order valence-electron chi connectivity index (χ3n) is 6.17. The van der Waals surface area contributed by atoms with Crippen LogP contribution in [0.3, 0.4) is 0 Å². The molecule has 0 saturated carbocycles. The van der Waals surface area contributed by atoms with Crippen molar-refractivity contribution in [3.8, 4) is 5.75 Å². The van der Waals surface area contributed by atoms with Crippen molar-refractivity contribution in [1.29, 1.82) is 0 Å². The second-order valence-corrected chi connectivity index (χ2v) is 10.1. The Morgan fingerprint density at radius 1 is 1.14 bits per heavy atom. The quantitative estimate of drug-likeness (QED) is 0.666. The molecule has 0 aliphatic carbocycles. The predicted octanol–water partition coefficient (Wildman–Crippen LogP) is 4.40. The van der Waals surface area contributed by atoms with Crippen LogP contribution in [-0.2, 0) is 16.4 Å². The summed E-state index contributed by atoms with van der Waals surface area (Å²) in [6.45, 7) is 5.55. The highest BCUT2D eigenvalue weighted by Crippen LogP contribution is 2.41. The van der Waals surface area contributed by atoms with E-state index in [1.165, 1.54) is 18.4 Å². The summed E-state index contributed by atoms with van der Waals surface area (Å²) in [6.07, 6.45) is 6.72. The van der Waals surface area contributed by atoms with Gasteiger partial charge in [0.15, 0.2) is 5.76 Å².